The topological polar surface area (TPSA) is 102 Å². The molecule has 3 rings (SSSR count). The molecule has 0 spiro atoms. The quantitative estimate of drug-likeness (QED) is 0.836. The number of nitrogens with one attached hydrogen (secondary N) is 1. The summed E-state index contributed by atoms with van der Waals surface area (Å²) in [5.74, 6) is -0.428. The largest absolute Gasteiger partial charge is 0.370 e. The molecule has 1 aliphatic heterocycles. The standard InChI is InChI=1S/C14H16N6O3/c1-10-2-3-11(20-9-15-17-18-20)6-12(10)16-13(21)7-19-4-5-23-8-14(19)22/h2-3,6,9H,4-5,7-8H2,1H3,(H,16,21). The van der Waals surface area contributed by atoms with Crippen LogP contribution >= 0.6 is 0 Å². The van der Waals surface area contributed by atoms with Gasteiger partial charge in [0.25, 0.3) is 0 Å². The van der Waals surface area contributed by atoms with Gasteiger partial charge in [-0.05, 0) is 35.0 Å². The van der Waals surface area contributed by atoms with Crippen molar-refractivity contribution < 1.29 is 14.3 Å². The number of carbonyl (C=O) groups is 2. The minimum Gasteiger partial charge on any atom is -0.370 e. The Morgan fingerprint density at radius 2 is 2.30 bits per heavy atom. The van der Waals surface area contributed by atoms with E-state index < -0.39 is 0 Å². The smallest absolute Gasteiger partial charge is 0.249 e. The molecule has 0 radical (unpaired) electrons. The molecule has 1 aromatic carbocycles. The van der Waals surface area contributed by atoms with Crippen molar-refractivity contribution in [3.05, 3.63) is 30.1 Å². The Balaban J connectivity index is 1.70. The Bertz CT molecular complexity index is 715. The van der Waals surface area contributed by atoms with E-state index in [9.17, 15) is 9.59 Å². The van der Waals surface area contributed by atoms with Crippen molar-refractivity contribution in [1.82, 2.24) is 25.1 Å². The molecular weight excluding hydrogens is 300 g/mol. The lowest BCUT2D eigenvalue weighted by atomic mass is 10.2. The Hall–Kier alpha value is -2.81. The van der Waals surface area contributed by atoms with E-state index in [4.69, 9.17) is 4.74 Å². The summed E-state index contributed by atoms with van der Waals surface area (Å²) < 4.78 is 6.54. The van der Waals surface area contributed by atoms with Gasteiger partial charge in [-0.2, -0.15) is 0 Å². The first-order chi connectivity index (χ1) is 11.1. The zero-order valence-corrected chi connectivity index (χ0v) is 12.6. The molecule has 2 aromatic rings. The summed E-state index contributed by atoms with van der Waals surface area (Å²) in [7, 11) is 0. The molecule has 2 amide bonds. The van der Waals surface area contributed by atoms with E-state index in [2.05, 4.69) is 20.8 Å². The molecule has 9 heteroatoms. The van der Waals surface area contributed by atoms with E-state index in [1.165, 1.54) is 15.9 Å². The van der Waals surface area contributed by atoms with Crippen LogP contribution in [0.5, 0.6) is 0 Å². The summed E-state index contributed by atoms with van der Waals surface area (Å²) in [6.07, 6.45) is 1.47. The van der Waals surface area contributed by atoms with Crippen molar-refractivity contribution in [2.45, 2.75) is 6.92 Å². The number of hydrogen-bond acceptors (Lipinski definition) is 6. The van der Waals surface area contributed by atoms with Crippen molar-refractivity contribution in [2.24, 2.45) is 0 Å². The van der Waals surface area contributed by atoms with Gasteiger partial charge >= 0.3 is 0 Å². The number of benzene rings is 1. The van der Waals surface area contributed by atoms with Crippen LogP contribution in [0.3, 0.4) is 0 Å². The first kappa shape index (κ1) is 15.1. The van der Waals surface area contributed by atoms with E-state index >= 15 is 0 Å². The fraction of sp³-hybridized carbons (Fsp3) is 0.357. The van der Waals surface area contributed by atoms with Gasteiger partial charge in [0.15, 0.2) is 0 Å². The van der Waals surface area contributed by atoms with Crippen LogP contribution in [-0.4, -0.2) is 63.2 Å². The van der Waals surface area contributed by atoms with Crippen LogP contribution in [0.25, 0.3) is 5.69 Å². The van der Waals surface area contributed by atoms with Crippen molar-refractivity contribution >= 4 is 17.5 Å². The monoisotopic (exact) mass is 316 g/mol. The van der Waals surface area contributed by atoms with Gasteiger partial charge in [-0.3, -0.25) is 9.59 Å². The number of rotatable bonds is 4. The maximum Gasteiger partial charge on any atom is 0.249 e. The highest BCUT2D eigenvalue weighted by molar-refractivity contribution is 5.95. The summed E-state index contributed by atoms with van der Waals surface area (Å²) in [6.45, 7) is 2.80. The van der Waals surface area contributed by atoms with Crippen molar-refractivity contribution in [2.75, 3.05) is 31.6 Å². The lowest BCUT2D eigenvalue weighted by Gasteiger charge is -2.26. The third-order valence-electron chi connectivity index (χ3n) is 3.53. The zero-order chi connectivity index (χ0) is 16.2. The van der Waals surface area contributed by atoms with Gasteiger partial charge in [-0.1, -0.05) is 6.07 Å². The molecule has 1 aromatic heterocycles. The van der Waals surface area contributed by atoms with E-state index in [0.29, 0.717) is 18.8 Å². The summed E-state index contributed by atoms with van der Waals surface area (Å²) in [5, 5.41) is 13.8. The van der Waals surface area contributed by atoms with Crippen molar-refractivity contribution in [3.8, 4) is 5.69 Å². The molecule has 23 heavy (non-hydrogen) atoms. The van der Waals surface area contributed by atoms with Gasteiger partial charge in [-0.25, -0.2) is 4.68 Å². The number of hydrogen-bond donors (Lipinski definition) is 1. The van der Waals surface area contributed by atoms with Crippen LogP contribution in [0.2, 0.25) is 0 Å². The minimum absolute atomic E-state index is 0.0107. The number of anilines is 1. The summed E-state index contributed by atoms with van der Waals surface area (Å²) >= 11 is 0. The highest BCUT2D eigenvalue weighted by Crippen LogP contribution is 2.19. The number of amides is 2. The van der Waals surface area contributed by atoms with Crippen molar-refractivity contribution in [1.29, 1.82) is 0 Å². The molecular formula is C14H16N6O3. The number of aryl methyl sites for hydroxylation is 1. The maximum atomic E-state index is 12.2. The Morgan fingerprint density at radius 3 is 3.04 bits per heavy atom. The molecule has 9 nitrogen and oxygen atoms in total. The highest BCUT2D eigenvalue weighted by atomic mass is 16.5. The molecule has 1 fully saturated rings. The molecule has 1 saturated heterocycles. The SMILES string of the molecule is Cc1ccc(-n2cnnn2)cc1NC(=O)CN1CCOCC1=O. The summed E-state index contributed by atoms with van der Waals surface area (Å²) in [5.41, 5.74) is 2.30. The van der Waals surface area contributed by atoms with Crippen LogP contribution in [0, 0.1) is 6.92 Å². The van der Waals surface area contributed by atoms with E-state index in [1.54, 1.807) is 6.07 Å². The van der Waals surface area contributed by atoms with Gasteiger partial charge in [0.05, 0.1) is 12.3 Å². The maximum absolute atomic E-state index is 12.2. The molecule has 0 bridgehead atoms. The number of aromatic nitrogens is 4. The predicted octanol–water partition coefficient (Wildman–Crippen LogP) is -0.232. The highest BCUT2D eigenvalue weighted by Gasteiger charge is 2.21. The fourth-order valence-electron chi connectivity index (χ4n) is 2.25. The number of ether oxygens (including phenoxy) is 1. The van der Waals surface area contributed by atoms with Gasteiger partial charge in [0.2, 0.25) is 11.8 Å². The Kier molecular flexibility index (Phi) is 4.29. The molecule has 120 valence electrons. The zero-order valence-electron chi connectivity index (χ0n) is 12.6. The molecule has 0 aliphatic carbocycles. The normalized spacial score (nSPS) is 14.8. The second-order valence-electron chi connectivity index (χ2n) is 5.17. The third kappa shape index (κ3) is 3.51. The van der Waals surface area contributed by atoms with Crippen LogP contribution in [0.15, 0.2) is 24.5 Å². The predicted molar refractivity (Wildman–Crippen MR) is 79.9 cm³/mol. The van der Waals surface area contributed by atoms with Crippen LogP contribution < -0.4 is 5.32 Å². The van der Waals surface area contributed by atoms with Crippen molar-refractivity contribution in [3.63, 3.8) is 0 Å². The fourth-order valence-corrected chi connectivity index (χ4v) is 2.25. The first-order valence-corrected chi connectivity index (χ1v) is 7.13. The third-order valence-corrected chi connectivity index (χ3v) is 3.53. The number of tetrazole rings is 1. The second kappa shape index (κ2) is 6.53. The van der Waals surface area contributed by atoms with Gasteiger partial charge < -0.3 is 15.0 Å². The second-order valence-corrected chi connectivity index (χ2v) is 5.17. The molecule has 0 saturated carbocycles. The first-order valence-electron chi connectivity index (χ1n) is 7.13. The van der Waals surface area contributed by atoms with E-state index in [0.717, 1.165) is 11.3 Å². The lowest BCUT2D eigenvalue weighted by molar-refractivity contribution is -0.144. The summed E-state index contributed by atoms with van der Waals surface area (Å²) in [4.78, 5) is 25.3. The Morgan fingerprint density at radius 1 is 1.43 bits per heavy atom. The van der Waals surface area contributed by atoms with Crippen LogP contribution in [-0.2, 0) is 14.3 Å². The minimum atomic E-state index is -0.253. The average molecular weight is 316 g/mol. The molecule has 1 N–H and O–H groups in total. The number of morpholine rings is 1. The summed E-state index contributed by atoms with van der Waals surface area (Å²) in [6, 6.07) is 5.50. The van der Waals surface area contributed by atoms with Crippen LogP contribution in [0.4, 0.5) is 5.69 Å². The molecule has 0 unspecified atom stereocenters. The van der Waals surface area contributed by atoms with Gasteiger partial charge in [0.1, 0.15) is 19.5 Å². The molecule has 2 heterocycles. The molecule has 0 atom stereocenters. The van der Waals surface area contributed by atoms with Crippen LogP contribution in [0.1, 0.15) is 5.56 Å². The average Bonchev–Trinajstić information content (AvgIpc) is 3.06. The number of nitrogens with zero attached hydrogens (tertiary/aromatic N) is 5. The van der Waals surface area contributed by atoms with E-state index in [1.807, 2.05) is 19.1 Å². The lowest BCUT2D eigenvalue weighted by Crippen LogP contribution is -2.45. The number of carbonyl (C=O) groups excluding carboxylic acids is 2. The van der Waals surface area contributed by atoms with Gasteiger partial charge in [0, 0.05) is 12.2 Å². The molecule has 1 aliphatic rings. The van der Waals surface area contributed by atoms with Gasteiger partial charge in [-0.15, -0.1) is 5.10 Å². The Labute approximate surface area is 132 Å². The van der Waals surface area contributed by atoms with E-state index in [-0.39, 0.29) is 25.0 Å².